The van der Waals surface area contributed by atoms with Crippen LogP contribution in [0.25, 0.3) is 16.9 Å². The van der Waals surface area contributed by atoms with Gasteiger partial charge in [0.15, 0.2) is 5.65 Å². The molecule has 2 N–H and O–H groups in total. The molecule has 1 aromatic carbocycles. The molecule has 0 fully saturated rings. The largest absolute Gasteiger partial charge is 0.494 e. The third-order valence-corrected chi connectivity index (χ3v) is 3.03. The van der Waals surface area contributed by atoms with E-state index in [9.17, 15) is 0 Å². The second kappa shape index (κ2) is 4.28. The molecule has 0 saturated heterocycles. The fourth-order valence-corrected chi connectivity index (χ4v) is 2.19. The Morgan fingerprint density at radius 2 is 2.11 bits per heavy atom. The van der Waals surface area contributed by atoms with Gasteiger partial charge in [-0.3, -0.25) is 4.57 Å². The quantitative estimate of drug-likeness (QED) is 0.713. The third kappa shape index (κ3) is 1.79. The lowest BCUT2D eigenvalue weighted by atomic mass is 10.2. The van der Waals surface area contributed by atoms with Gasteiger partial charge in [-0.2, -0.15) is 0 Å². The SMILES string of the molecule is COc1cc(N)ccc1-n1c(C)nc2cccnc21. The van der Waals surface area contributed by atoms with E-state index in [4.69, 9.17) is 10.5 Å². The van der Waals surface area contributed by atoms with Crippen LogP contribution in [0.15, 0.2) is 36.5 Å². The molecule has 0 amide bonds. The summed E-state index contributed by atoms with van der Waals surface area (Å²) in [5, 5.41) is 0. The van der Waals surface area contributed by atoms with Crippen molar-refractivity contribution in [3.8, 4) is 11.4 Å². The highest BCUT2D eigenvalue weighted by atomic mass is 16.5. The van der Waals surface area contributed by atoms with Gasteiger partial charge in [0.2, 0.25) is 0 Å². The molecule has 0 spiro atoms. The van der Waals surface area contributed by atoms with Crippen molar-refractivity contribution in [1.29, 1.82) is 0 Å². The van der Waals surface area contributed by atoms with E-state index in [0.29, 0.717) is 11.4 Å². The molecule has 5 nitrogen and oxygen atoms in total. The molecule has 19 heavy (non-hydrogen) atoms. The molecule has 3 aromatic rings. The van der Waals surface area contributed by atoms with Gasteiger partial charge >= 0.3 is 0 Å². The van der Waals surface area contributed by atoms with E-state index in [1.54, 1.807) is 19.4 Å². The smallest absolute Gasteiger partial charge is 0.164 e. The second-order valence-electron chi connectivity index (χ2n) is 4.27. The number of imidazole rings is 1. The summed E-state index contributed by atoms with van der Waals surface area (Å²) in [7, 11) is 1.63. The minimum atomic E-state index is 0.663. The van der Waals surface area contributed by atoms with Gasteiger partial charge in [0.25, 0.3) is 0 Å². The van der Waals surface area contributed by atoms with Gasteiger partial charge < -0.3 is 10.5 Å². The molecule has 2 heterocycles. The lowest BCUT2D eigenvalue weighted by Gasteiger charge is -2.12. The molecule has 2 aromatic heterocycles. The van der Waals surface area contributed by atoms with Crippen LogP contribution >= 0.6 is 0 Å². The first-order valence-electron chi connectivity index (χ1n) is 5.94. The van der Waals surface area contributed by atoms with Gasteiger partial charge in [-0.1, -0.05) is 0 Å². The number of ether oxygens (including phenoxy) is 1. The Labute approximate surface area is 110 Å². The number of benzene rings is 1. The highest BCUT2D eigenvalue weighted by molar-refractivity contribution is 5.75. The van der Waals surface area contributed by atoms with Crippen molar-refractivity contribution in [2.75, 3.05) is 12.8 Å². The van der Waals surface area contributed by atoms with E-state index in [2.05, 4.69) is 9.97 Å². The van der Waals surface area contributed by atoms with Crippen LogP contribution in [0.3, 0.4) is 0 Å². The van der Waals surface area contributed by atoms with Gasteiger partial charge in [0.1, 0.15) is 17.1 Å². The van der Waals surface area contributed by atoms with Crippen molar-refractivity contribution in [2.45, 2.75) is 6.92 Å². The van der Waals surface area contributed by atoms with Crippen molar-refractivity contribution in [2.24, 2.45) is 0 Å². The summed E-state index contributed by atoms with van der Waals surface area (Å²) in [6.07, 6.45) is 1.75. The summed E-state index contributed by atoms with van der Waals surface area (Å²) in [4.78, 5) is 8.89. The second-order valence-corrected chi connectivity index (χ2v) is 4.27. The van der Waals surface area contributed by atoms with Gasteiger partial charge in [-0.05, 0) is 31.2 Å². The Bertz CT molecular complexity index is 748. The standard InChI is InChI=1S/C14H14N4O/c1-9-17-11-4-3-7-16-14(11)18(9)12-6-5-10(15)8-13(12)19-2/h3-8H,15H2,1-2H3. The molecular formula is C14H14N4O. The molecule has 0 unspecified atom stereocenters. The Morgan fingerprint density at radius 3 is 2.89 bits per heavy atom. The molecule has 0 aliphatic heterocycles. The minimum absolute atomic E-state index is 0.663. The summed E-state index contributed by atoms with van der Waals surface area (Å²) in [5.41, 5.74) is 9.00. The molecule has 0 aliphatic carbocycles. The first kappa shape index (κ1) is 11.5. The number of nitrogens with two attached hydrogens (primary N) is 1. The van der Waals surface area contributed by atoms with E-state index in [0.717, 1.165) is 22.7 Å². The number of nitrogen functional groups attached to an aromatic ring is 1. The Hall–Kier alpha value is -2.56. The molecule has 0 saturated carbocycles. The van der Waals surface area contributed by atoms with Crippen LogP contribution < -0.4 is 10.5 Å². The Morgan fingerprint density at radius 1 is 1.26 bits per heavy atom. The first-order chi connectivity index (χ1) is 9.20. The lowest BCUT2D eigenvalue weighted by Crippen LogP contribution is -2.02. The highest BCUT2D eigenvalue weighted by Gasteiger charge is 2.13. The zero-order chi connectivity index (χ0) is 13.4. The number of fused-ring (bicyclic) bond motifs is 1. The zero-order valence-corrected chi connectivity index (χ0v) is 10.8. The first-order valence-corrected chi connectivity index (χ1v) is 5.94. The van der Waals surface area contributed by atoms with Gasteiger partial charge in [0, 0.05) is 18.0 Å². The average Bonchev–Trinajstić information content (AvgIpc) is 2.74. The van der Waals surface area contributed by atoms with E-state index in [1.807, 2.05) is 35.8 Å². The molecule has 0 atom stereocenters. The van der Waals surface area contributed by atoms with Crippen LogP contribution in [0.1, 0.15) is 5.82 Å². The van der Waals surface area contributed by atoms with Crippen LogP contribution in [0.4, 0.5) is 5.69 Å². The minimum Gasteiger partial charge on any atom is -0.494 e. The van der Waals surface area contributed by atoms with Crippen LogP contribution in [-0.2, 0) is 0 Å². The normalized spacial score (nSPS) is 10.8. The number of methoxy groups -OCH3 is 1. The number of anilines is 1. The Balaban J connectivity index is 2.33. The maximum atomic E-state index is 5.79. The predicted molar refractivity (Wildman–Crippen MR) is 74.6 cm³/mol. The van der Waals surface area contributed by atoms with E-state index >= 15 is 0 Å². The van der Waals surface area contributed by atoms with E-state index in [-0.39, 0.29) is 0 Å². The predicted octanol–water partition coefficient (Wildman–Crippen LogP) is 2.32. The van der Waals surface area contributed by atoms with Crippen molar-refractivity contribution < 1.29 is 4.74 Å². The summed E-state index contributed by atoms with van der Waals surface area (Å²) < 4.78 is 7.36. The summed E-state index contributed by atoms with van der Waals surface area (Å²) in [6, 6.07) is 9.36. The van der Waals surface area contributed by atoms with Crippen LogP contribution in [0.2, 0.25) is 0 Å². The molecule has 5 heteroatoms. The number of nitrogens with zero attached hydrogens (tertiary/aromatic N) is 3. The molecule has 3 rings (SSSR count). The van der Waals surface area contributed by atoms with Crippen LogP contribution in [-0.4, -0.2) is 21.6 Å². The highest BCUT2D eigenvalue weighted by Crippen LogP contribution is 2.29. The van der Waals surface area contributed by atoms with Crippen LogP contribution in [0.5, 0.6) is 5.75 Å². The maximum absolute atomic E-state index is 5.79. The third-order valence-electron chi connectivity index (χ3n) is 3.03. The van der Waals surface area contributed by atoms with Gasteiger partial charge in [-0.15, -0.1) is 0 Å². The zero-order valence-electron chi connectivity index (χ0n) is 10.8. The molecule has 0 aliphatic rings. The number of aryl methyl sites for hydroxylation is 1. The number of aromatic nitrogens is 3. The number of pyridine rings is 1. The number of hydrogen-bond acceptors (Lipinski definition) is 4. The number of hydrogen-bond donors (Lipinski definition) is 1. The van der Waals surface area contributed by atoms with E-state index < -0.39 is 0 Å². The van der Waals surface area contributed by atoms with Crippen molar-refractivity contribution in [1.82, 2.24) is 14.5 Å². The fourth-order valence-electron chi connectivity index (χ4n) is 2.19. The lowest BCUT2D eigenvalue weighted by molar-refractivity contribution is 0.413. The molecule has 96 valence electrons. The van der Waals surface area contributed by atoms with Gasteiger partial charge in [-0.25, -0.2) is 9.97 Å². The molecular weight excluding hydrogens is 240 g/mol. The van der Waals surface area contributed by atoms with E-state index in [1.165, 1.54) is 0 Å². The monoisotopic (exact) mass is 254 g/mol. The fraction of sp³-hybridized carbons (Fsp3) is 0.143. The number of rotatable bonds is 2. The maximum Gasteiger partial charge on any atom is 0.164 e. The Kier molecular flexibility index (Phi) is 2.59. The van der Waals surface area contributed by atoms with Gasteiger partial charge in [0.05, 0.1) is 12.8 Å². The molecule has 0 bridgehead atoms. The van der Waals surface area contributed by atoms with Crippen molar-refractivity contribution >= 4 is 16.9 Å². The summed E-state index contributed by atoms with van der Waals surface area (Å²) in [6.45, 7) is 1.94. The average molecular weight is 254 g/mol. The topological polar surface area (TPSA) is 66.0 Å². The van der Waals surface area contributed by atoms with Crippen molar-refractivity contribution in [3.05, 3.63) is 42.4 Å². The molecule has 0 radical (unpaired) electrons. The van der Waals surface area contributed by atoms with Crippen molar-refractivity contribution in [3.63, 3.8) is 0 Å². The van der Waals surface area contributed by atoms with Crippen LogP contribution in [0, 0.1) is 6.92 Å². The summed E-state index contributed by atoms with van der Waals surface area (Å²) >= 11 is 0. The summed E-state index contributed by atoms with van der Waals surface area (Å²) in [5.74, 6) is 1.56.